The maximum atomic E-state index is 11.9. The average Bonchev–Trinajstić information content (AvgIpc) is 2.43. The van der Waals surface area contributed by atoms with E-state index >= 15 is 0 Å². The third-order valence-electron chi connectivity index (χ3n) is 2.59. The lowest BCUT2D eigenvalue weighted by Gasteiger charge is -2.06. The molecule has 5 nitrogen and oxygen atoms in total. The number of carbonyl (C=O) groups is 1. The largest absolute Gasteiger partial charge is 0.466 e. The predicted octanol–water partition coefficient (Wildman–Crippen LogP) is 2.56. The number of benzene rings is 1. The molecule has 0 spiro atoms. The maximum absolute atomic E-state index is 11.9. The summed E-state index contributed by atoms with van der Waals surface area (Å²) in [6, 6.07) is 6.26. The van der Waals surface area contributed by atoms with Crippen LogP contribution in [0.3, 0.4) is 0 Å². The zero-order valence-electron chi connectivity index (χ0n) is 11.8. The summed E-state index contributed by atoms with van der Waals surface area (Å²) < 4.78 is 33.3. The number of ether oxygens (including phenoxy) is 1. The van der Waals surface area contributed by atoms with Gasteiger partial charge in [-0.1, -0.05) is 31.0 Å². The van der Waals surface area contributed by atoms with Crippen molar-refractivity contribution in [1.82, 2.24) is 0 Å². The molecule has 0 saturated heterocycles. The molecule has 1 aromatic carbocycles. The van der Waals surface area contributed by atoms with Gasteiger partial charge >= 0.3 is 16.1 Å². The van der Waals surface area contributed by atoms with Gasteiger partial charge in [0.05, 0.1) is 12.7 Å². The molecule has 0 atom stereocenters. The molecule has 0 amide bonds. The summed E-state index contributed by atoms with van der Waals surface area (Å²) >= 11 is 0. The minimum Gasteiger partial charge on any atom is -0.466 e. The molecule has 0 bridgehead atoms. The van der Waals surface area contributed by atoms with E-state index in [-0.39, 0.29) is 10.5 Å². The van der Waals surface area contributed by atoms with E-state index in [1.54, 1.807) is 12.1 Å². The Labute approximate surface area is 119 Å². The van der Waals surface area contributed by atoms with Gasteiger partial charge in [-0.3, -0.25) is 0 Å². The maximum Gasteiger partial charge on any atom is 0.338 e. The van der Waals surface area contributed by atoms with Crippen LogP contribution in [0.5, 0.6) is 0 Å². The summed E-state index contributed by atoms with van der Waals surface area (Å²) in [5.41, 5.74) is 1.13. The number of hydrogen-bond acceptors (Lipinski definition) is 5. The van der Waals surface area contributed by atoms with Gasteiger partial charge in [-0.05, 0) is 25.5 Å². The van der Waals surface area contributed by atoms with Crippen molar-refractivity contribution in [3.63, 3.8) is 0 Å². The molecule has 1 rings (SSSR count). The molecule has 0 saturated carbocycles. The Bertz CT molecular complexity index is 584. The van der Waals surface area contributed by atoms with Gasteiger partial charge < -0.3 is 8.92 Å². The zero-order valence-corrected chi connectivity index (χ0v) is 12.6. The van der Waals surface area contributed by atoms with E-state index in [4.69, 9.17) is 4.18 Å². The van der Waals surface area contributed by atoms with Crippen LogP contribution in [-0.2, 0) is 23.8 Å². The van der Waals surface area contributed by atoms with Crippen molar-refractivity contribution in [3.05, 3.63) is 41.7 Å². The number of rotatable bonds is 6. The quantitative estimate of drug-likeness (QED) is 0.349. The molecule has 0 aliphatic rings. The first-order chi connectivity index (χ1) is 9.40. The first-order valence-corrected chi connectivity index (χ1v) is 7.59. The average molecular weight is 298 g/mol. The fraction of sp³-hybridized carbons (Fsp3) is 0.357. The molecular formula is C14H18O5S. The summed E-state index contributed by atoms with van der Waals surface area (Å²) in [6.45, 7) is 3.72. The van der Waals surface area contributed by atoms with Crippen LogP contribution < -0.4 is 0 Å². The van der Waals surface area contributed by atoms with E-state index < -0.39 is 16.1 Å². The molecule has 0 unspecified atom stereocenters. The Morgan fingerprint density at radius 3 is 2.35 bits per heavy atom. The van der Waals surface area contributed by atoms with Crippen molar-refractivity contribution in [3.8, 4) is 0 Å². The summed E-state index contributed by atoms with van der Waals surface area (Å²) in [4.78, 5) is 11.5. The number of esters is 1. The Morgan fingerprint density at radius 2 is 1.85 bits per heavy atom. The number of methoxy groups -OCH3 is 1. The third kappa shape index (κ3) is 4.38. The molecule has 110 valence electrons. The zero-order chi connectivity index (χ0) is 15.2. The minimum absolute atomic E-state index is 0.0417. The van der Waals surface area contributed by atoms with Gasteiger partial charge in [0.15, 0.2) is 0 Å². The fourth-order valence-corrected chi connectivity index (χ4v) is 2.31. The highest BCUT2D eigenvalue weighted by Gasteiger charge is 2.16. The first kappa shape index (κ1) is 16.2. The van der Waals surface area contributed by atoms with Crippen LogP contribution in [-0.4, -0.2) is 21.5 Å². The van der Waals surface area contributed by atoms with Crippen molar-refractivity contribution in [2.24, 2.45) is 0 Å². The minimum atomic E-state index is -3.92. The van der Waals surface area contributed by atoms with Gasteiger partial charge in [-0.25, -0.2) is 4.79 Å². The smallest absolute Gasteiger partial charge is 0.338 e. The lowest BCUT2D eigenvalue weighted by molar-refractivity contribution is -0.136. The Morgan fingerprint density at radius 1 is 1.25 bits per heavy atom. The summed E-state index contributed by atoms with van der Waals surface area (Å²) in [7, 11) is -2.68. The van der Waals surface area contributed by atoms with E-state index in [1.165, 1.54) is 19.2 Å². The van der Waals surface area contributed by atoms with Crippen molar-refractivity contribution < 1.29 is 22.1 Å². The van der Waals surface area contributed by atoms with Crippen LogP contribution in [0.25, 0.3) is 0 Å². The van der Waals surface area contributed by atoms with Crippen LogP contribution in [0.4, 0.5) is 0 Å². The highest BCUT2D eigenvalue weighted by Crippen LogP contribution is 2.15. The van der Waals surface area contributed by atoms with E-state index in [2.05, 4.69) is 4.74 Å². The van der Waals surface area contributed by atoms with Gasteiger partial charge in [-0.2, -0.15) is 8.42 Å². The van der Waals surface area contributed by atoms with Crippen LogP contribution >= 0.6 is 0 Å². The van der Waals surface area contributed by atoms with Crippen LogP contribution in [0.1, 0.15) is 25.3 Å². The highest BCUT2D eigenvalue weighted by atomic mass is 32.2. The van der Waals surface area contributed by atoms with E-state index in [1.807, 2.05) is 13.8 Å². The van der Waals surface area contributed by atoms with Gasteiger partial charge in [0, 0.05) is 0 Å². The number of hydrogen-bond donors (Lipinski definition) is 0. The molecule has 6 heteroatoms. The summed E-state index contributed by atoms with van der Waals surface area (Å²) in [6.07, 6.45) is 2.01. The third-order valence-corrected chi connectivity index (χ3v) is 3.79. The Hall–Kier alpha value is -1.82. The summed E-state index contributed by atoms with van der Waals surface area (Å²) in [5, 5.41) is 0. The SMILES string of the molecule is CCC/C(=C\OS(=O)(=O)c1ccc(C)cc1)C(=O)OC. The lowest BCUT2D eigenvalue weighted by Crippen LogP contribution is -2.08. The molecule has 0 aliphatic carbocycles. The molecule has 0 N–H and O–H groups in total. The standard InChI is InChI=1S/C14H18O5S/c1-4-5-12(14(15)18-3)10-19-20(16,17)13-8-6-11(2)7-9-13/h6-10H,4-5H2,1-3H3/b12-10+. The van der Waals surface area contributed by atoms with Gasteiger partial charge in [-0.15, -0.1) is 0 Å². The van der Waals surface area contributed by atoms with Crippen molar-refractivity contribution >= 4 is 16.1 Å². The number of aryl methyl sites for hydroxylation is 1. The second kappa shape index (κ2) is 7.09. The van der Waals surface area contributed by atoms with E-state index in [0.29, 0.717) is 12.8 Å². The van der Waals surface area contributed by atoms with Crippen molar-refractivity contribution in [1.29, 1.82) is 0 Å². The van der Waals surface area contributed by atoms with Gasteiger partial charge in [0.25, 0.3) is 0 Å². The molecule has 0 heterocycles. The molecule has 1 aromatic rings. The van der Waals surface area contributed by atoms with Crippen LogP contribution in [0.2, 0.25) is 0 Å². The fourth-order valence-electron chi connectivity index (χ4n) is 1.49. The van der Waals surface area contributed by atoms with Gasteiger partial charge in [0.1, 0.15) is 11.2 Å². The monoisotopic (exact) mass is 298 g/mol. The molecule has 20 heavy (non-hydrogen) atoms. The second-order valence-electron chi connectivity index (χ2n) is 4.25. The Balaban J connectivity index is 2.94. The molecular weight excluding hydrogens is 280 g/mol. The predicted molar refractivity (Wildman–Crippen MR) is 74.5 cm³/mol. The molecule has 0 fully saturated rings. The van der Waals surface area contributed by atoms with Crippen LogP contribution in [0, 0.1) is 6.92 Å². The van der Waals surface area contributed by atoms with Crippen LogP contribution in [0.15, 0.2) is 41.0 Å². The molecule has 0 aromatic heterocycles. The number of carbonyl (C=O) groups excluding carboxylic acids is 1. The first-order valence-electron chi connectivity index (χ1n) is 6.18. The van der Waals surface area contributed by atoms with Crippen molar-refractivity contribution in [2.45, 2.75) is 31.6 Å². The second-order valence-corrected chi connectivity index (χ2v) is 5.82. The topological polar surface area (TPSA) is 69.7 Å². The van der Waals surface area contributed by atoms with Crippen molar-refractivity contribution in [2.75, 3.05) is 7.11 Å². The normalized spacial score (nSPS) is 12.1. The molecule has 0 aliphatic heterocycles. The Kier molecular flexibility index (Phi) is 5.76. The van der Waals surface area contributed by atoms with Gasteiger partial charge in [0.2, 0.25) is 0 Å². The van der Waals surface area contributed by atoms with E-state index in [0.717, 1.165) is 11.8 Å². The molecule has 0 radical (unpaired) electrons. The summed E-state index contributed by atoms with van der Waals surface area (Å²) in [5.74, 6) is -0.592. The van der Waals surface area contributed by atoms with E-state index in [9.17, 15) is 13.2 Å². The lowest BCUT2D eigenvalue weighted by atomic mass is 10.2. The highest BCUT2D eigenvalue weighted by molar-refractivity contribution is 7.86.